The van der Waals surface area contributed by atoms with Gasteiger partial charge in [-0.05, 0) is 56.0 Å². The molecule has 5 nitrogen and oxygen atoms in total. The summed E-state index contributed by atoms with van der Waals surface area (Å²) in [6.07, 6.45) is 7.17. The first-order chi connectivity index (χ1) is 12.6. The Morgan fingerprint density at radius 2 is 2.00 bits per heavy atom. The average molecular weight is 349 g/mol. The molecule has 0 atom stereocenters. The van der Waals surface area contributed by atoms with Crippen LogP contribution >= 0.6 is 0 Å². The number of carbonyl (C=O) groups excluding carboxylic acids is 1. The number of nitrogens with one attached hydrogen (secondary N) is 1. The fourth-order valence-corrected chi connectivity index (χ4v) is 2.74. The lowest BCUT2D eigenvalue weighted by molar-refractivity contribution is -0.116. The minimum Gasteiger partial charge on any atom is -0.493 e. The maximum Gasteiger partial charge on any atom is 0.224 e. The third kappa shape index (κ3) is 4.57. The standard InChI is InChI=1S/C21H23N3O2/c1-15-6-7-16(2)20(13-15)26-12-4-3-5-21(25)24-19-9-11-23-18-8-10-22-14-17(18)19/h6-11,13-14H,3-5,12H2,1-2H3,(H,23,24,25). The number of aromatic nitrogens is 2. The first kappa shape index (κ1) is 17.9. The summed E-state index contributed by atoms with van der Waals surface area (Å²) in [5.74, 6) is 0.915. The highest BCUT2D eigenvalue weighted by Gasteiger charge is 2.07. The first-order valence-electron chi connectivity index (χ1n) is 8.82. The number of hydrogen-bond acceptors (Lipinski definition) is 4. The zero-order chi connectivity index (χ0) is 18.4. The fraction of sp³-hybridized carbons (Fsp3) is 0.286. The highest BCUT2D eigenvalue weighted by molar-refractivity contribution is 6.00. The maximum atomic E-state index is 12.2. The Kier molecular flexibility index (Phi) is 5.79. The van der Waals surface area contributed by atoms with E-state index < -0.39 is 0 Å². The molecular weight excluding hydrogens is 326 g/mol. The van der Waals surface area contributed by atoms with Crippen LogP contribution in [0.15, 0.2) is 48.9 Å². The van der Waals surface area contributed by atoms with Gasteiger partial charge in [-0.15, -0.1) is 0 Å². The summed E-state index contributed by atoms with van der Waals surface area (Å²) in [6, 6.07) is 9.81. The molecule has 0 unspecified atom stereocenters. The second-order valence-electron chi connectivity index (χ2n) is 6.37. The van der Waals surface area contributed by atoms with Crippen LogP contribution in [0.5, 0.6) is 5.75 Å². The molecule has 2 aromatic heterocycles. The van der Waals surface area contributed by atoms with Crippen LogP contribution in [0.1, 0.15) is 30.4 Å². The molecule has 134 valence electrons. The number of carbonyl (C=O) groups is 1. The van der Waals surface area contributed by atoms with Gasteiger partial charge in [0, 0.05) is 30.4 Å². The molecule has 1 N–H and O–H groups in total. The number of amides is 1. The quantitative estimate of drug-likeness (QED) is 0.641. The van der Waals surface area contributed by atoms with Crippen molar-refractivity contribution in [1.29, 1.82) is 0 Å². The van der Waals surface area contributed by atoms with Crippen molar-refractivity contribution in [1.82, 2.24) is 9.97 Å². The molecule has 1 amide bonds. The van der Waals surface area contributed by atoms with Crippen LogP contribution in [0.25, 0.3) is 10.9 Å². The fourth-order valence-electron chi connectivity index (χ4n) is 2.74. The van der Waals surface area contributed by atoms with E-state index in [0.717, 1.165) is 40.7 Å². The molecule has 26 heavy (non-hydrogen) atoms. The van der Waals surface area contributed by atoms with E-state index in [1.807, 2.05) is 19.1 Å². The number of aryl methyl sites for hydroxylation is 2. The number of benzene rings is 1. The molecule has 5 heteroatoms. The molecule has 0 spiro atoms. The van der Waals surface area contributed by atoms with E-state index in [4.69, 9.17) is 4.74 Å². The smallest absolute Gasteiger partial charge is 0.224 e. The van der Waals surface area contributed by atoms with Crippen LogP contribution < -0.4 is 10.1 Å². The molecule has 0 saturated heterocycles. The van der Waals surface area contributed by atoms with Gasteiger partial charge in [-0.3, -0.25) is 14.8 Å². The van der Waals surface area contributed by atoms with Gasteiger partial charge in [-0.2, -0.15) is 0 Å². The molecule has 0 aliphatic heterocycles. The van der Waals surface area contributed by atoms with E-state index in [1.54, 1.807) is 24.7 Å². The Balaban J connectivity index is 1.45. The minimum atomic E-state index is -0.00640. The van der Waals surface area contributed by atoms with Crippen LogP contribution in [-0.4, -0.2) is 22.5 Å². The van der Waals surface area contributed by atoms with E-state index in [-0.39, 0.29) is 5.91 Å². The van der Waals surface area contributed by atoms with Crippen LogP contribution in [0.3, 0.4) is 0 Å². The van der Waals surface area contributed by atoms with Crippen molar-refractivity contribution in [3.05, 3.63) is 60.0 Å². The summed E-state index contributed by atoms with van der Waals surface area (Å²) in [5.41, 5.74) is 3.88. The Morgan fingerprint density at radius 3 is 2.88 bits per heavy atom. The number of rotatable bonds is 7. The molecule has 0 fully saturated rings. The Morgan fingerprint density at radius 1 is 1.12 bits per heavy atom. The summed E-state index contributed by atoms with van der Waals surface area (Å²) < 4.78 is 5.83. The number of anilines is 1. The molecule has 2 heterocycles. The molecule has 3 aromatic rings. The zero-order valence-electron chi connectivity index (χ0n) is 15.2. The van der Waals surface area contributed by atoms with Gasteiger partial charge in [-0.1, -0.05) is 12.1 Å². The van der Waals surface area contributed by atoms with Crippen molar-refractivity contribution < 1.29 is 9.53 Å². The lowest BCUT2D eigenvalue weighted by Gasteiger charge is -2.10. The summed E-state index contributed by atoms with van der Waals surface area (Å²) in [7, 11) is 0. The normalized spacial score (nSPS) is 10.7. The van der Waals surface area contributed by atoms with Gasteiger partial charge in [0.1, 0.15) is 5.75 Å². The van der Waals surface area contributed by atoms with Gasteiger partial charge in [0.2, 0.25) is 5.91 Å². The van der Waals surface area contributed by atoms with Gasteiger partial charge in [0.05, 0.1) is 17.8 Å². The number of hydrogen-bond donors (Lipinski definition) is 1. The summed E-state index contributed by atoms with van der Waals surface area (Å²) in [4.78, 5) is 20.6. The molecular formula is C21H23N3O2. The van der Waals surface area contributed by atoms with Crippen molar-refractivity contribution in [3.63, 3.8) is 0 Å². The lowest BCUT2D eigenvalue weighted by atomic mass is 10.1. The van der Waals surface area contributed by atoms with Crippen molar-refractivity contribution in [3.8, 4) is 5.75 Å². The molecule has 0 aliphatic carbocycles. The number of unbranched alkanes of at least 4 members (excludes halogenated alkanes) is 1. The first-order valence-corrected chi connectivity index (χ1v) is 8.82. The predicted octanol–water partition coefficient (Wildman–Crippen LogP) is 4.43. The number of nitrogens with zero attached hydrogens (tertiary/aromatic N) is 2. The van der Waals surface area contributed by atoms with Crippen molar-refractivity contribution >= 4 is 22.5 Å². The lowest BCUT2D eigenvalue weighted by Crippen LogP contribution is -2.12. The predicted molar refractivity (Wildman–Crippen MR) is 103 cm³/mol. The number of fused-ring (bicyclic) bond motifs is 1. The van der Waals surface area contributed by atoms with E-state index >= 15 is 0 Å². The highest BCUT2D eigenvalue weighted by atomic mass is 16.5. The summed E-state index contributed by atoms with van der Waals surface area (Å²) in [6.45, 7) is 4.70. The second kappa shape index (κ2) is 8.43. The van der Waals surface area contributed by atoms with Crippen LogP contribution in [0.2, 0.25) is 0 Å². The second-order valence-corrected chi connectivity index (χ2v) is 6.37. The zero-order valence-corrected chi connectivity index (χ0v) is 15.2. The Bertz CT molecular complexity index is 903. The molecule has 0 radical (unpaired) electrons. The third-order valence-electron chi connectivity index (χ3n) is 4.22. The topological polar surface area (TPSA) is 64.1 Å². The van der Waals surface area contributed by atoms with Crippen LogP contribution in [-0.2, 0) is 4.79 Å². The number of pyridine rings is 2. The van der Waals surface area contributed by atoms with E-state index in [0.29, 0.717) is 13.0 Å². The van der Waals surface area contributed by atoms with Crippen molar-refractivity contribution in [2.75, 3.05) is 11.9 Å². The monoisotopic (exact) mass is 349 g/mol. The van der Waals surface area contributed by atoms with Crippen LogP contribution in [0, 0.1) is 13.8 Å². The molecule has 0 bridgehead atoms. The summed E-state index contributed by atoms with van der Waals surface area (Å²) >= 11 is 0. The molecule has 0 saturated carbocycles. The highest BCUT2D eigenvalue weighted by Crippen LogP contribution is 2.21. The molecule has 0 aliphatic rings. The third-order valence-corrected chi connectivity index (χ3v) is 4.22. The maximum absolute atomic E-state index is 12.2. The minimum absolute atomic E-state index is 0.00640. The molecule has 3 rings (SSSR count). The Hall–Kier alpha value is -2.95. The van der Waals surface area contributed by atoms with Gasteiger partial charge in [0.25, 0.3) is 0 Å². The van der Waals surface area contributed by atoms with Gasteiger partial charge in [-0.25, -0.2) is 0 Å². The van der Waals surface area contributed by atoms with E-state index in [9.17, 15) is 4.79 Å². The van der Waals surface area contributed by atoms with Gasteiger partial charge in [0.15, 0.2) is 0 Å². The average Bonchev–Trinajstić information content (AvgIpc) is 2.64. The Labute approximate surface area is 153 Å². The van der Waals surface area contributed by atoms with Gasteiger partial charge < -0.3 is 10.1 Å². The number of ether oxygens (including phenoxy) is 1. The van der Waals surface area contributed by atoms with Crippen molar-refractivity contribution in [2.24, 2.45) is 0 Å². The summed E-state index contributed by atoms with van der Waals surface area (Å²) in [5, 5.41) is 3.80. The van der Waals surface area contributed by atoms with Crippen LogP contribution in [0.4, 0.5) is 5.69 Å². The molecule has 1 aromatic carbocycles. The van der Waals surface area contributed by atoms with Crippen molar-refractivity contribution in [2.45, 2.75) is 33.1 Å². The van der Waals surface area contributed by atoms with E-state index in [2.05, 4.69) is 34.3 Å². The van der Waals surface area contributed by atoms with E-state index in [1.165, 1.54) is 5.56 Å². The SMILES string of the molecule is Cc1ccc(C)c(OCCCCC(=O)Nc2ccnc3ccncc23)c1. The van der Waals surface area contributed by atoms with Gasteiger partial charge >= 0.3 is 0 Å². The largest absolute Gasteiger partial charge is 0.493 e.